The Morgan fingerprint density at radius 2 is 1.69 bits per heavy atom. The molecule has 1 aliphatic rings. The summed E-state index contributed by atoms with van der Waals surface area (Å²) >= 11 is 0. The van der Waals surface area contributed by atoms with Gasteiger partial charge in [-0.2, -0.15) is 0 Å². The van der Waals surface area contributed by atoms with Gasteiger partial charge >= 0.3 is 0 Å². The minimum atomic E-state index is 1.10. The highest BCUT2D eigenvalue weighted by molar-refractivity contribution is 5.84. The van der Waals surface area contributed by atoms with Crippen LogP contribution in [-0.4, -0.2) is 18.5 Å². The van der Waals surface area contributed by atoms with Gasteiger partial charge in [0.1, 0.15) is 0 Å². The minimum absolute atomic E-state index is 1.10. The highest BCUT2D eigenvalue weighted by Gasteiger charge is 2.11. The Morgan fingerprint density at radius 3 is 2.44 bits per heavy atom. The van der Waals surface area contributed by atoms with Crippen LogP contribution in [0.2, 0.25) is 0 Å². The standard InChI is InChI=1S/C15H17N/c1-16-8-4-7-14-9-12-5-2-3-6-13(12)10-15(14)11-16/h2-3,5-6,9-10H,4,7-8,11H2,1H3. The van der Waals surface area contributed by atoms with Crippen LogP contribution in [0.4, 0.5) is 0 Å². The van der Waals surface area contributed by atoms with Gasteiger partial charge in [-0.25, -0.2) is 0 Å². The quantitative estimate of drug-likeness (QED) is 0.646. The van der Waals surface area contributed by atoms with Gasteiger partial charge in [0, 0.05) is 6.54 Å². The van der Waals surface area contributed by atoms with Crippen molar-refractivity contribution in [2.75, 3.05) is 13.6 Å². The van der Waals surface area contributed by atoms with Gasteiger partial charge in [-0.1, -0.05) is 30.3 Å². The second-order valence-electron chi connectivity index (χ2n) is 4.81. The number of hydrogen-bond donors (Lipinski definition) is 0. The first-order chi connectivity index (χ1) is 7.83. The number of hydrogen-bond acceptors (Lipinski definition) is 1. The van der Waals surface area contributed by atoms with E-state index in [4.69, 9.17) is 0 Å². The Bertz CT molecular complexity index is 516. The monoisotopic (exact) mass is 211 g/mol. The van der Waals surface area contributed by atoms with E-state index in [1.165, 1.54) is 35.7 Å². The molecule has 1 aliphatic heterocycles. The van der Waals surface area contributed by atoms with Gasteiger partial charge in [0.2, 0.25) is 0 Å². The molecule has 0 unspecified atom stereocenters. The molecule has 1 nitrogen and oxygen atoms in total. The molecule has 2 aromatic carbocycles. The molecule has 0 amide bonds. The topological polar surface area (TPSA) is 3.24 Å². The molecule has 0 fully saturated rings. The maximum atomic E-state index is 2.42. The molecule has 82 valence electrons. The molecule has 0 radical (unpaired) electrons. The molecule has 1 heteroatoms. The summed E-state index contributed by atoms with van der Waals surface area (Å²) in [6.07, 6.45) is 2.51. The number of rotatable bonds is 0. The zero-order valence-electron chi connectivity index (χ0n) is 9.74. The second-order valence-corrected chi connectivity index (χ2v) is 4.81. The molecule has 16 heavy (non-hydrogen) atoms. The molecular weight excluding hydrogens is 194 g/mol. The first-order valence-electron chi connectivity index (χ1n) is 6.02. The Labute approximate surface area is 96.7 Å². The third-order valence-corrected chi connectivity index (χ3v) is 3.49. The molecule has 2 aromatic rings. The van der Waals surface area contributed by atoms with Crippen molar-refractivity contribution in [3.05, 3.63) is 47.5 Å². The summed E-state index contributed by atoms with van der Waals surface area (Å²) < 4.78 is 0. The van der Waals surface area contributed by atoms with Crippen molar-refractivity contribution < 1.29 is 0 Å². The molecule has 3 rings (SSSR count). The van der Waals surface area contributed by atoms with Gasteiger partial charge in [-0.05, 0) is 54.4 Å². The first-order valence-corrected chi connectivity index (χ1v) is 6.02. The van der Waals surface area contributed by atoms with E-state index in [1.54, 1.807) is 5.56 Å². The maximum absolute atomic E-state index is 2.42. The van der Waals surface area contributed by atoms with Crippen LogP contribution >= 0.6 is 0 Å². The van der Waals surface area contributed by atoms with Crippen LogP contribution < -0.4 is 0 Å². The van der Waals surface area contributed by atoms with Crippen LogP contribution in [0, 0.1) is 0 Å². The largest absolute Gasteiger partial charge is 0.302 e. The van der Waals surface area contributed by atoms with Crippen LogP contribution in [-0.2, 0) is 13.0 Å². The summed E-state index contributed by atoms with van der Waals surface area (Å²) in [5.74, 6) is 0. The predicted molar refractivity (Wildman–Crippen MR) is 68.6 cm³/mol. The Morgan fingerprint density at radius 1 is 1.00 bits per heavy atom. The van der Waals surface area contributed by atoms with E-state index in [2.05, 4.69) is 48.3 Å². The molecule has 0 saturated carbocycles. The molecular formula is C15H17N. The van der Waals surface area contributed by atoms with E-state index in [-0.39, 0.29) is 0 Å². The molecule has 0 bridgehead atoms. The van der Waals surface area contributed by atoms with Gasteiger partial charge in [0.25, 0.3) is 0 Å². The van der Waals surface area contributed by atoms with Crippen molar-refractivity contribution in [1.82, 2.24) is 4.90 Å². The summed E-state index contributed by atoms with van der Waals surface area (Å²) in [6.45, 7) is 2.31. The fourth-order valence-corrected chi connectivity index (χ4v) is 2.62. The van der Waals surface area contributed by atoms with Gasteiger partial charge in [0.05, 0.1) is 0 Å². The van der Waals surface area contributed by atoms with E-state index in [0.717, 1.165) is 6.54 Å². The van der Waals surface area contributed by atoms with Crippen molar-refractivity contribution in [1.29, 1.82) is 0 Å². The third kappa shape index (κ3) is 1.72. The van der Waals surface area contributed by atoms with Crippen LogP contribution in [0.3, 0.4) is 0 Å². The SMILES string of the molecule is CN1CCCc2cc3ccccc3cc2C1. The summed E-state index contributed by atoms with van der Waals surface area (Å²) in [5.41, 5.74) is 3.06. The highest BCUT2D eigenvalue weighted by Crippen LogP contribution is 2.24. The molecule has 0 atom stereocenters. The number of benzene rings is 2. The van der Waals surface area contributed by atoms with Crippen molar-refractivity contribution in [2.45, 2.75) is 19.4 Å². The van der Waals surface area contributed by atoms with E-state index < -0.39 is 0 Å². The lowest BCUT2D eigenvalue weighted by Gasteiger charge is -2.13. The highest BCUT2D eigenvalue weighted by atomic mass is 15.1. The van der Waals surface area contributed by atoms with E-state index in [0.29, 0.717) is 0 Å². The molecule has 0 N–H and O–H groups in total. The molecule has 1 heterocycles. The lowest BCUT2D eigenvalue weighted by Crippen LogP contribution is -2.16. The number of aryl methyl sites for hydroxylation is 1. The molecule has 0 aliphatic carbocycles. The van der Waals surface area contributed by atoms with Crippen LogP contribution in [0.15, 0.2) is 36.4 Å². The fraction of sp³-hybridized carbons (Fsp3) is 0.333. The first kappa shape index (κ1) is 9.86. The van der Waals surface area contributed by atoms with Crippen molar-refractivity contribution >= 4 is 10.8 Å². The summed E-state index contributed by atoms with van der Waals surface area (Å²) in [7, 11) is 2.21. The summed E-state index contributed by atoms with van der Waals surface area (Å²) in [5, 5.41) is 2.75. The second kappa shape index (κ2) is 3.91. The molecule has 0 aromatic heterocycles. The molecule has 0 spiro atoms. The van der Waals surface area contributed by atoms with Crippen LogP contribution in [0.1, 0.15) is 17.5 Å². The Kier molecular flexibility index (Phi) is 2.41. The average Bonchev–Trinajstić information content (AvgIpc) is 2.46. The third-order valence-electron chi connectivity index (χ3n) is 3.49. The van der Waals surface area contributed by atoms with Crippen LogP contribution in [0.5, 0.6) is 0 Å². The normalized spacial score (nSPS) is 17.1. The number of nitrogens with zero attached hydrogens (tertiary/aromatic N) is 1. The average molecular weight is 211 g/mol. The Balaban J connectivity index is 2.16. The van der Waals surface area contributed by atoms with Gasteiger partial charge < -0.3 is 4.90 Å². The van der Waals surface area contributed by atoms with Gasteiger partial charge in [-0.15, -0.1) is 0 Å². The van der Waals surface area contributed by atoms with E-state index >= 15 is 0 Å². The maximum Gasteiger partial charge on any atom is 0.0233 e. The van der Waals surface area contributed by atoms with E-state index in [1.807, 2.05) is 0 Å². The fourth-order valence-electron chi connectivity index (χ4n) is 2.62. The Hall–Kier alpha value is -1.34. The zero-order valence-corrected chi connectivity index (χ0v) is 9.74. The lowest BCUT2D eigenvalue weighted by molar-refractivity contribution is 0.332. The van der Waals surface area contributed by atoms with Crippen molar-refractivity contribution in [3.8, 4) is 0 Å². The minimum Gasteiger partial charge on any atom is -0.302 e. The van der Waals surface area contributed by atoms with Crippen LogP contribution in [0.25, 0.3) is 10.8 Å². The van der Waals surface area contributed by atoms with E-state index in [9.17, 15) is 0 Å². The summed E-state index contributed by atoms with van der Waals surface area (Å²) in [4.78, 5) is 2.42. The zero-order chi connectivity index (χ0) is 11.0. The van der Waals surface area contributed by atoms with Gasteiger partial charge in [0.15, 0.2) is 0 Å². The molecule has 0 saturated heterocycles. The lowest BCUT2D eigenvalue weighted by atomic mass is 9.99. The number of fused-ring (bicyclic) bond motifs is 2. The van der Waals surface area contributed by atoms with Crippen molar-refractivity contribution in [3.63, 3.8) is 0 Å². The predicted octanol–water partition coefficient (Wildman–Crippen LogP) is 3.22. The van der Waals surface area contributed by atoms with Gasteiger partial charge in [-0.3, -0.25) is 0 Å². The van der Waals surface area contributed by atoms with Crippen molar-refractivity contribution in [2.24, 2.45) is 0 Å². The summed E-state index contributed by atoms with van der Waals surface area (Å²) in [6, 6.07) is 13.4. The smallest absolute Gasteiger partial charge is 0.0233 e.